The zero-order chi connectivity index (χ0) is 14.1. The summed E-state index contributed by atoms with van der Waals surface area (Å²) < 4.78 is 27.1. The lowest BCUT2D eigenvalue weighted by molar-refractivity contribution is 0.232. The summed E-state index contributed by atoms with van der Waals surface area (Å²) in [5.41, 5.74) is -0.400. The topological polar surface area (TPSA) is 61.2 Å². The average Bonchev–Trinajstić information content (AvgIpc) is 2.39. The first-order chi connectivity index (χ1) is 8.87. The van der Waals surface area contributed by atoms with Crippen LogP contribution in [-0.2, 0) is 10.0 Å². The Morgan fingerprint density at radius 3 is 2.53 bits per heavy atom. The number of hydrogen-bond acceptors (Lipinski definition) is 3. The molecule has 0 unspecified atom stereocenters. The van der Waals surface area contributed by atoms with Gasteiger partial charge in [0.1, 0.15) is 0 Å². The van der Waals surface area contributed by atoms with Gasteiger partial charge in [0, 0.05) is 17.6 Å². The van der Waals surface area contributed by atoms with Crippen LogP contribution >= 0.6 is 15.9 Å². The Hall–Kier alpha value is -0.900. The van der Waals surface area contributed by atoms with Crippen molar-refractivity contribution in [1.29, 1.82) is 5.26 Å². The summed E-state index contributed by atoms with van der Waals surface area (Å²) in [6, 6.07) is 8.97. The predicted octanol–water partition coefficient (Wildman–Crippen LogP) is 2.76. The van der Waals surface area contributed by atoms with E-state index in [1.807, 2.05) is 6.92 Å². The zero-order valence-electron chi connectivity index (χ0n) is 10.6. The van der Waals surface area contributed by atoms with E-state index in [1.54, 1.807) is 24.3 Å². The van der Waals surface area contributed by atoms with Crippen molar-refractivity contribution in [2.24, 2.45) is 5.41 Å². The second-order valence-corrected chi connectivity index (χ2v) is 7.89. The van der Waals surface area contributed by atoms with Crippen molar-refractivity contribution >= 4 is 26.0 Å². The summed E-state index contributed by atoms with van der Waals surface area (Å²) in [5, 5.41) is 9.07. The van der Waals surface area contributed by atoms with Gasteiger partial charge in [0.15, 0.2) is 0 Å². The molecule has 0 amide bonds. The molecule has 0 aliphatic carbocycles. The standard InChI is InChI=1S/C13H15BrN2O2S/c1-13(10-15)5-7-16(8-6-13)19(17,18)12-4-2-3-11(14)9-12/h2-4,9H,5-8H2,1H3. The van der Waals surface area contributed by atoms with E-state index in [0.717, 1.165) is 4.47 Å². The third-order valence-electron chi connectivity index (χ3n) is 3.53. The summed E-state index contributed by atoms with van der Waals surface area (Å²) >= 11 is 3.28. The lowest BCUT2D eigenvalue weighted by atomic mass is 9.83. The van der Waals surface area contributed by atoms with E-state index in [0.29, 0.717) is 30.8 Å². The highest BCUT2D eigenvalue weighted by Gasteiger charge is 2.35. The van der Waals surface area contributed by atoms with Crippen LogP contribution in [0.5, 0.6) is 0 Å². The molecule has 1 saturated heterocycles. The Morgan fingerprint density at radius 1 is 1.37 bits per heavy atom. The van der Waals surface area contributed by atoms with E-state index in [9.17, 15) is 8.42 Å². The van der Waals surface area contributed by atoms with E-state index < -0.39 is 15.4 Å². The average molecular weight is 343 g/mol. The number of benzene rings is 1. The van der Waals surface area contributed by atoms with Gasteiger partial charge in [-0.2, -0.15) is 9.57 Å². The second kappa shape index (κ2) is 5.23. The molecule has 0 atom stereocenters. The molecule has 0 radical (unpaired) electrons. The lowest BCUT2D eigenvalue weighted by Gasteiger charge is -2.34. The molecule has 0 bridgehead atoms. The van der Waals surface area contributed by atoms with Crippen molar-refractivity contribution in [2.75, 3.05) is 13.1 Å². The number of hydrogen-bond donors (Lipinski definition) is 0. The Labute approximate surface area is 122 Å². The zero-order valence-corrected chi connectivity index (χ0v) is 13.0. The molecule has 1 heterocycles. The van der Waals surface area contributed by atoms with Crippen LogP contribution in [0.15, 0.2) is 33.6 Å². The van der Waals surface area contributed by atoms with Crippen LogP contribution < -0.4 is 0 Å². The minimum absolute atomic E-state index is 0.294. The normalized spacial score (nSPS) is 19.8. The molecule has 0 aromatic heterocycles. The molecule has 19 heavy (non-hydrogen) atoms. The van der Waals surface area contributed by atoms with Crippen LogP contribution in [0.2, 0.25) is 0 Å². The summed E-state index contributed by atoms with van der Waals surface area (Å²) in [6.45, 7) is 2.69. The van der Waals surface area contributed by atoms with Crippen LogP contribution in [-0.4, -0.2) is 25.8 Å². The molecular weight excluding hydrogens is 328 g/mol. The minimum Gasteiger partial charge on any atom is -0.207 e. The molecule has 1 aromatic carbocycles. The molecule has 1 fully saturated rings. The van der Waals surface area contributed by atoms with Crippen molar-refractivity contribution in [3.05, 3.63) is 28.7 Å². The Balaban J connectivity index is 2.22. The number of piperidine rings is 1. The number of halogens is 1. The molecule has 0 N–H and O–H groups in total. The smallest absolute Gasteiger partial charge is 0.207 e. The fraction of sp³-hybridized carbons (Fsp3) is 0.462. The molecule has 2 rings (SSSR count). The van der Waals surface area contributed by atoms with Gasteiger partial charge in [-0.15, -0.1) is 0 Å². The van der Waals surface area contributed by atoms with E-state index in [1.165, 1.54) is 4.31 Å². The SMILES string of the molecule is CC1(C#N)CCN(S(=O)(=O)c2cccc(Br)c2)CC1. The van der Waals surface area contributed by atoms with Gasteiger partial charge in [-0.3, -0.25) is 0 Å². The van der Waals surface area contributed by atoms with Gasteiger partial charge in [-0.25, -0.2) is 8.42 Å². The van der Waals surface area contributed by atoms with Crippen LogP contribution in [0.1, 0.15) is 19.8 Å². The highest BCUT2D eigenvalue weighted by molar-refractivity contribution is 9.10. The second-order valence-electron chi connectivity index (χ2n) is 5.03. The Morgan fingerprint density at radius 2 is 2.00 bits per heavy atom. The largest absolute Gasteiger partial charge is 0.243 e. The molecule has 1 aliphatic rings. The Kier molecular flexibility index (Phi) is 4.00. The van der Waals surface area contributed by atoms with E-state index in [-0.39, 0.29) is 0 Å². The number of nitriles is 1. The van der Waals surface area contributed by atoms with Crippen LogP contribution in [0.3, 0.4) is 0 Å². The third kappa shape index (κ3) is 2.99. The van der Waals surface area contributed by atoms with Crippen molar-refractivity contribution in [1.82, 2.24) is 4.31 Å². The van der Waals surface area contributed by atoms with Crippen molar-refractivity contribution in [3.63, 3.8) is 0 Å². The predicted molar refractivity (Wildman–Crippen MR) is 75.9 cm³/mol. The van der Waals surface area contributed by atoms with E-state index >= 15 is 0 Å². The lowest BCUT2D eigenvalue weighted by Crippen LogP contribution is -2.41. The summed E-state index contributed by atoms with van der Waals surface area (Å²) in [6.07, 6.45) is 1.16. The number of rotatable bonds is 2. The van der Waals surface area contributed by atoms with E-state index in [4.69, 9.17) is 5.26 Å². The molecular formula is C13H15BrN2O2S. The molecule has 0 spiro atoms. The molecule has 1 aromatic rings. The first kappa shape index (κ1) is 14.5. The first-order valence-electron chi connectivity index (χ1n) is 6.04. The van der Waals surface area contributed by atoms with Gasteiger partial charge in [-0.05, 0) is 38.0 Å². The fourth-order valence-corrected chi connectivity index (χ4v) is 4.15. The summed E-state index contributed by atoms with van der Waals surface area (Å²) in [4.78, 5) is 0.294. The highest BCUT2D eigenvalue weighted by atomic mass is 79.9. The maximum atomic E-state index is 12.5. The van der Waals surface area contributed by atoms with Crippen LogP contribution in [0, 0.1) is 16.7 Å². The van der Waals surface area contributed by atoms with Gasteiger partial charge in [0.2, 0.25) is 10.0 Å². The highest BCUT2D eigenvalue weighted by Crippen LogP contribution is 2.32. The maximum Gasteiger partial charge on any atom is 0.243 e. The van der Waals surface area contributed by atoms with Gasteiger partial charge in [0.25, 0.3) is 0 Å². The van der Waals surface area contributed by atoms with E-state index in [2.05, 4.69) is 22.0 Å². The van der Waals surface area contributed by atoms with Gasteiger partial charge < -0.3 is 0 Å². The van der Waals surface area contributed by atoms with Crippen molar-refractivity contribution in [3.8, 4) is 6.07 Å². The molecule has 0 saturated carbocycles. The molecule has 1 aliphatic heterocycles. The molecule has 102 valence electrons. The summed E-state index contributed by atoms with van der Waals surface area (Å²) in [5.74, 6) is 0. The summed E-state index contributed by atoms with van der Waals surface area (Å²) in [7, 11) is -3.45. The third-order valence-corrected chi connectivity index (χ3v) is 5.92. The van der Waals surface area contributed by atoms with Crippen LogP contribution in [0.4, 0.5) is 0 Å². The van der Waals surface area contributed by atoms with Crippen molar-refractivity contribution in [2.45, 2.75) is 24.7 Å². The monoisotopic (exact) mass is 342 g/mol. The number of nitrogens with zero attached hydrogens (tertiary/aromatic N) is 2. The van der Waals surface area contributed by atoms with Gasteiger partial charge in [-0.1, -0.05) is 22.0 Å². The van der Waals surface area contributed by atoms with Crippen LogP contribution in [0.25, 0.3) is 0 Å². The molecule has 6 heteroatoms. The quantitative estimate of drug-likeness (QED) is 0.830. The van der Waals surface area contributed by atoms with Crippen molar-refractivity contribution < 1.29 is 8.42 Å². The molecule has 4 nitrogen and oxygen atoms in total. The minimum atomic E-state index is -3.45. The fourth-order valence-electron chi connectivity index (χ4n) is 2.11. The van der Waals surface area contributed by atoms with Gasteiger partial charge >= 0.3 is 0 Å². The Bertz CT molecular complexity index is 614. The maximum absolute atomic E-state index is 12.5. The first-order valence-corrected chi connectivity index (χ1v) is 8.28. The van der Waals surface area contributed by atoms with Gasteiger partial charge in [0.05, 0.1) is 16.4 Å². The number of sulfonamides is 1.